The average molecular weight is 443 g/mol. The molecule has 3 rings (SSSR count). The molecule has 160 valence electrons. The number of methoxy groups -OCH3 is 1. The number of hydrogen-bond donors (Lipinski definition) is 3. The van der Waals surface area contributed by atoms with Gasteiger partial charge in [0.15, 0.2) is 5.82 Å². The molecule has 0 aliphatic heterocycles. The van der Waals surface area contributed by atoms with Crippen molar-refractivity contribution in [2.75, 3.05) is 18.7 Å². The van der Waals surface area contributed by atoms with E-state index in [-0.39, 0.29) is 22.2 Å². The molecule has 1 heterocycles. The normalized spacial score (nSPS) is 10.4. The number of nitrogens with zero attached hydrogens (tertiary/aromatic N) is 4. The number of ether oxygens (including phenoxy) is 1. The zero-order chi connectivity index (χ0) is 22.4. The highest BCUT2D eigenvalue weighted by Gasteiger charge is 2.17. The number of nitrogens with two attached hydrogens (primary N) is 1. The van der Waals surface area contributed by atoms with E-state index in [4.69, 9.17) is 10.6 Å². The van der Waals surface area contributed by atoms with Gasteiger partial charge in [-0.3, -0.25) is 30.6 Å². The molecule has 0 aliphatic carbocycles. The Labute approximate surface area is 179 Å². The van der Waals surface area contributed by atoms with E-state index in [1.54, 1.807) is 18.2 Å². The van der Waals surface area contributed by atoms with Crippen LogP contribution in [0.25, 0.3) is 11.4 Å². The Morgan fingerprint density at radius 3 is 2.55 bits per heavy atom. The highest BCUT2D eigenvalue weighted by molar-refractivity contribution is 7.99. The number of thioether (sulfide) groups is 1. The van der Waals surface area contributed by atoms with Gasteiger partial charge in [-0.1, -0.05) is 23.9 Å². The van der Waals surface area contributed by atoms with Crippen LogP contribution >= 0.6 is 11.8 Å². The third-order valence-corrected chi connectivity index (χ3v) is 4.94. The minimum absolute atomic E-state index is 0.0954. The molecule has 12 nitrogen and oxygen atoms in total. The lowest BCUT2D eigenvalue weighted by Gasteiger charge is -2.08. The molecule has 0 saturated heterocycles. The summed E-state index contributed by atoms with van der Waals surface area (Å²) < 4.78 is 6.53. The molecular weight excluding hydrogens is 426 g/mol. The molecule has 0 aliphatic rings. The van der Waals surface area contributed by atoms with Gasteiger partial charge < -0.3 is 10.6 Å². The number of hydrazine groups is 1. The third kappa shape index (κ3) is 5.08. The van der Waals surface area contributed by atoms with Crippen molar-refractivity contribution in [3.63, 3.8) is 0 Å². The zero-order valence-corrected chi connectivity index (χ0v) is 17.0. The molecule has 2 amide bonds. The first kappa shape index (κ1) is 21.6. The van der Waals surface area contributed by atoms with Crippen LogP contribution in [0.3, 0.4) is 0 Å². The van der Waals surface area contributed by atoms with E-state index in [9.17, 15) is 19.7 Å². The van der Waals surface area contributed by atoms with Crippen LogP contribution < -0.4 is 21.4 Å². The van der Waals surface area contributed by atoms with Crippen LogP contribution in [0, 0.1) is 10.1 Å². The van der Waals surface area contributed by atoms with Gasteiger partial charge in [0, 0.05) is 17.7 Å². The van der Waals surface area contributed by atoms with E-state index in [0.717, 1.165) is 11.8 Å². The molecule has 0 unspecified atom stereocenters. The monoisotopic (exact) mass is 443 g/mol. The van der Waals surface area contributed by atoms with Gasteiger partial charge in [-0.2, -0.15) is 0 Å². The number of nitrogens with one attached hydrogen (secondary N) is 2. The van der Waals surface area contributed by atoms with Crippen molar-refractivity contribution in [3.8, 4) is 17.1 Å². The summed E-state index contributed by atoms with van der Waals surface area (Å²) in [5, 5.41) is 19.0. The highest BCUT2D eigenvalue weighted by Crippen LogP contribution is 2.29. The second kappa shape index (κ2) is 9.58. The van der Waals surface area contributed by atoms with E-state index in [1.807, 2.05) is 6.07 Å². The summed E-state index contributed by atoms with van der Waals surface area (Å²) >= 11 is 1.02. The van der Waals surface area contributed by atoms with Gasteiger partial charge in [-0.05, 0) is 24.3 Å². The lowest BCUT2D eigenvalue weighted by atomic mass is 10.2. The minimum atomic E-state index is -0.617. The molecule has 0 bridgehead atoms. The van der Waals surface area contributed by atoms with Gasteiger partial charge in [0.1, 0.15) is 5.75 Å². The Hall–Kier alpha value is -4.13. The van der Waals surface area contributed by atoms with Crippen molar-refractivity contribution in [1.82, 2.24) is 25.7 Å². The summed E-state index contributed by atoms with van der Waals surface area (Å²) in [5.74, 6) is 5.76. The second-order valence-electron chi connectivity index (χ2n) is 5.97. The zero-order valence-electron chi connectivity index (χ0n) is 16.1. The molecule has 13 heteroatoms. The first-order valence-corrected chi connectivity index (χ1v) is 9.69. The lowest BCUT2D eigenvalue weighted by molar-refractivity contribution is -0.384. The van der Waals surface area contributed by atoms with Gasteiger partial charge in [0.05, 0.1) is 23.3 Å². The average Bonchev–Trinajstić information content (AvgIpc) is 3.16. The van der Waals surface area contributed by atoms with Crippen LogP contribution in [-0.4, -0.2) is 44.5 Å². The van der Waals surface area contributed by atoms with Crippen molar-refractivity contribution < 1.29 is 19.2 Å². The molecule has 1 aromatic heterocycles. The maximum Gasteiger partial charge on any atom is 0.269 e. The highest BCUT2D eigenvalue weighted by atomic mass is 32.2. The number of hydrogen-bond acceptors (Lipinski definition) is 9. The number of rotatable bonds is 7. The van der Waals surface area contributed by atoms with Gasteiger partial charge in [0.2, 0.25) is 11.1 Å². The number of para-hydroxylation sites is 1. The molecular formula is C18H17N7O5S. The number of benzene rings is 2. The van der Waals surface area contributed by atoms with Crippen LogP contribution in [0.15, 0.2) is 53.7 Å². The summed E-state index contributed by atoms with van der Waals surface area (Å²) in [6.45, 7) is 0. The minimum Gasteiger partial charge on any atom is -0.496 e. The van der Waals surface area contributed by atoms with Gasteiger partial charge >= 0.3 is 0 Å². The topological polar surface area (TPSA) is 167 Å². The smallest absolute Gasteiger partial charge is 0.269 e. The van der Waals surface area contributed by atoms with Crippen molar-refractivity contribution in [2.24, 2.45) is 0 Å². The summed E-state index contributed by atoms with van der Waals surface area (Å²) in [5.41, 5.74) is 5.14. The van der Waals surface area contributed by atoms with Gasteiger partial charge in [0.25, 0.3) is 11.6 Å². The molecule has 31 heavy (non-hydrogen) atoms. The first-order valence-electron chi connectivity index (χ1n) is 8.71. The number of nitro benzene ring substituents is 1. The molecule has 3 aromatic rings. The third-order valence-electron chi connectivity index (χ3n) is 4.00. The quantitative estimate of drug-likeness (QED) is 0.210. The fraction of sp³-hybridized carbons (Fsp3) is 0.111. The van der Waals surface area contributed by atoms with Gasteiger partial charge in [-0.15, -0.1) is 10.2 Å². The molecule has 0 atom stereocenters. The Balaban J connectivity index is 1.55. The number of nitrogen functional groups attached to an aromatic ring is 1. The van der Waals surface area contributed by atoms with Crippen LogP contribution in [0.5, 0.6) is 5.75 Å². The predicted octanol–water partition coefficient (Wildman–Crippen LogP) is 1.13. The Kier molecular flexibility index (Phi) is 6.67. The van der Waals surface area contributed by atoms with Crippen LogP contribution in [0.2, 0.25) is 0 Å². The maximum absolute atomic E-state index is 12.0. The predicted molar refractivity (Wildman–Crippen MR) is 112 cm³/mol. The van der Waals surface area contributed by atoms with E-state index < -0.39 is 16.7 Å². The van der Waals surface area contributed by atoms with Crippen molar-refractivity contribution in [2.45, 2.75) is 5.16 Å². The summed E-state index contributed by atoms with van der Waals surface area (Å²) in [6.07, 6.45) is 0. The molecule has 2 aromatic carbocycles. The number of nitro groups is 1. The van der Waals surface area contributed by atoms with E-state index in [1.165, 1.54) is 36.1 Å². The molecule has 0 radical (unpaired) electrons. The number of carbonyl (C=O) groups is 2. The largest absolute Gasteiger partial charge is 0.496 e. The fourth-order valence-electron chi connectivity index (χ4n) is 2.49. The Bertz CT molecular complexity index is 1120. The SMILES string of the molecule is COc1ccccc1-c1nnc(SCC(=O)NNC(=O)c2ccc([N+](=O)[O-])cc2)n1N. The van der Waals surface area contributed by atoms with Crippen molar-refractivity contribution in [1.29, 1.82) is 0 Å². The standard InChI is InChI=1S/C18H17N7O5S/c1-30-14-5-3-2-4-13(14)16-21-23-18(24(16)19)31-10-15(26)20-22-17(27)11-6-8-12(9-7-11)25(28)29/h2-9H,10,19H2,1H3,(H,20,26)(H,22,27). The summed E-state index contributed by atoms with van der Waals surface area (Å²) in [6, 6.07) is 12.1. The number of non-ortho nitro benzene ring substituents is 1. The first-order chi connectivity index (χ1) is 14.9. The molecule has 0 spiro atoms. The summed E-state index contributed by atoms with van der Waals surface area (Å²) in [7, 11) is 1.53. The van der Waals surface area contributed by atoms with Crippen LogP contribution in [-0.2, 0) is 4.79 Å². The number of carbonyl (C=O) groups excluding carboxylic acids is 2. The lowest BCUT2D eigenvalue weighted by Crippen LogP contribution is -2.42. The van der Waals surface area contributed by atoms with Crippen molar-refractivity contribution in [3.05, 3.63) is 64.2 Å². The molecule has 0 fully saturated rings. The van der Waals surface area contributed by atoms with Gasteiger partial charge in [-0.25, -0.2) is 4.68 Å². The van der Waals surface area contributed by atoms with E-state index in [0.29, 0.717) is 17.1 Å². The number of amides is 2. The Morgan fingerprint density at radius 1 is 1.16 bits per heavy atom. The van der Waals surface area contributed by atoms with Crippen LogP contribution in [0.1, 0.15) is 10.4 Å². The van der Waals surface area contributed by atoms with E-state index in [2.05, 4.69) is 21.0 Å². The second-order valence-corrected chi connectivity index (χ2v) is 6.91. The maximum atomic E-state index is 12.0. The summed E-state index contributed by atoms with van der Waals surface area (Å²) in [4.78, 5) is 34.1. The van der Waals surface area contributed by atoms with Crippen molar-refractivity contribution >= 4 is 29.3 Å². The number of aromatic nitrogens is 3. The van der Waals surface area contributed by atoms with Crippen LogP contribution in [0.4, 0.5) is 5.69 Å². The molecule has 0 saturated carbocycles. The fourth-order valence-corrected chi connectivity index (χ4v) is 3.14. The Morgan fingerprint density at radius 2 is 1.87 bits per heavy atom. The van der Waals surface area contributed by atoms with E-state index >= 15 is 0 Å². The molecule has 4 N–H and O–H groups in total.